The van der Waals surface area contributed by atoms with E-state index >= 15 is 0 Å². The molecule has 0 aliphatic rings. The summed E-state index contributed by atoms with van der Waals surface area (Å²) in [6.45, 7) is 2.67. The highest BCUT2D eigenvalue weighted by molar-refractivity contribution is 5.21. The SMILES string of the molecule is CCOCC(N)c1noc(Cc2ccc(F)cc2F)n1. The highest BCUT2D eigenvalue weighted by Gasteiger charge is 2.15. The smallest absolute Gasteiger partial charge is 0.231 e. The molecule has 2 aromatic rings. The van der Waals surface area contributed by atoms with Gasteiger partial charge in [0.15, 0.2) is 5.82 Å². The van der Waals surface area contributed by atoms with Gasteiger partial charge in [0.25, 0.3) is 0 Å². The minimum atomic E-state index is -0.650. The van der Waals surface area contributed by atoms with E-state index < -0.39 is 17.7 Å². The molecule has 2 rings (SSSR count). The van der Waals surface area contributed by atoms with Crippen LogP contribution >= 0.6 is 0 Å². The summed E-state index contributed by atoms with van der Waals surface area (Å²) in [5.74, 6) is -0.756. The van der Waals surface area contributed by atoms with Gasteiger partial charge < -0.3 is 15.0 Å². The quantitative estimate of drug-likeness (QED) is 0.877. The normalized spacial score (nSPS) is 12.6. The number of ether oxygens (including phenoxy) is 1. The van der Waals surface area contributed by atoms with Gasteiger partial charge >= 0.3 is 0 Å². The number of nitrogens with two attached hydrogens (primary N) is 1. The fourth-order valence-corrected chi connectivity index (χ4v) is 1.64. The Morgan fingerprint density at radius 3 is 2.90 bits per heavy atom. The second-order valence-corrected chi connectivity index (χ2v) is 4.22. The van der Waals surface area contributed by atoms with Crippen LogP contribution in [0.5, 0.6) is 0 Å². The van der Waals surface area contributed by atoms with Gasteiger partial charge in [-0.1, -0.05) is 11.2 Å². The number of hydrogen-bond acceptors (Lipinski definition) is 5. The highest BCUT2D eigenvalue weighted by Crippen LogP contribution is 2.15. The Labute approximate surface area is 114 Å². The molecule has 1 aromatic carbocycles. The molecular formula is C13H15F2N3O2. The van der Waals surface area contributed by atoms with Crippen molar-refractivity contribution in [1.29, 1.82) is 0 Å². The summed E-state index contributed by atoms with van der Waals surface area (Å²) in [4.78, 5) is 4.08. The van der Waals surface area contributed by atoms with Crippen LogP contribution in [0.4, 0.5) is 8.78 Å². The molecule has 20 heavy (non-hydrogen) atoms. The Morgan fingerprint density at radius 1 is 1.40 bits per heavy atom. The van der Waals surface area contributed by atoms with Crippen molar-refractivity contribution in [2.24, 2.45) is 5.73 Å². The van der Waals surface area contributed by atoms with Gasteiger partial charge in [0.2, 0.25) is 5.89 Å². The van der Waals surface area contributed by atoms with E-state index in [-0.39, 0.29) is 24.5 Å². The van der Waals surface area contributed by atoms with Crippen LogP contribution in [0.25, 0.3) is 0 Å². The predicted octanol–water partition coefficient (Wildman–Crippen LogP) is 1.97. The van der Waals surface area contributed by atoms with Crippen LogP contribution in [0.3, 0.4) is 0 Å². The largest absolute Gasteiger partial charge is 0.380 e. The van der Waals surface area contributed by atoms with Gasteiger partial charge in [-0.3, -0.25) is 0 Å². The van der Waals surface area contributed by atoms with E-state index in [4.69, 9.17) is 15.0 Å². The molecule has 1 atom stereocenters. The molecule has 0 spiro atoms. The van der Waals surface area contributed by atoms with Crippen LogP contribution in [-0.2, 0) is 11.2 Å². The van der Waals surface area contributed by atoms with E-state index in [1.165, 1.54) is 12.1 Å². The molecule has 0 bridgehead atoms. The van der Waals surface area contributed by atoms with Crippen molar-refractivity contribution in [1.82, 2.24) is 10.1 Å². The number of halogens is 2. The second-order valence-electron chi connectivity index (χ2n) is 4.22. The standard InChI is InChI=1S/C13H15F2N3O2/c1-2-19-7-11(16)13-17-12(20-18-13)5-8-3-4-9(14)6-10(8)15/h3-4,6,11H,2,5,7,16H2,1H3. The second kappa shape index (κ2) is 6.53. The lowest BCUT2D eigenvalue weighted by atomic mass is 10.1. The van der Waals surface area contributed by atoms with E-state index in [0.717, 1.165) is 6.07 Å². The molecule has 0 aliphatic carbocycles. The lowest BCUT2D eigenvalue weighted by molar-refractivity contribution is 0.130. The number of nitrogens with zero attached hydrogens (tertiary/aromatic N) is 2. The summed E-state index contributed by atoms with van der Waals surface area (Å²) in [6.07, 6.45) is 0.0838. The van der Waals surface area contributed by atoms with Crippen LogP contribution in [0.2, 0.25) is 0 Å². The zero-order chi connectivity index (χ0) is 14.5. The van der Waals surface area contributed by atoms with Gasteiger partial charge in [0.1, 0.15) is 11.6 Å². The summed E-state index contributed by atoms with van der Waals surface area (Å²) in [5, 5.41) is 3.72. The van der Waals surface area contributed by atoms with Gasteiger partial charge in [-0.15, -0.1) is 0 Å². The van der Waals surface area contributed by atoms with Crippen LogP contribution in [0.15, 0.2) is 22.7 Å². The Kier molecular flexibility index (Phi) is 4.75. The van der Waals surface area contributed by atoms with Crippen molar-refractivity contribution >= 4 is 0 Å². The summed E-state index contributed by atoms with van der Waals surface area (Å²) in [5.41, 5.74) is 6.08. The average Bonchev–Trinajstić information content (AvgIpc) is 2.88. The number of hydrogen-bond donors (Lipinski definition) is 1. The monoisotopic (exact) mass is 283 g/mol. The Morgan fingerprint density at radius 2 is 2.20 bits per heavy atom. The minimum absolute atomic E-state index is 0.0838. The van der Waals surface area contributed by atoms with Gasteiger partial charge in [-0.2, -0.15) is 4.98 Å². The van der Waals surface area contributed by atoms with Crippen molar-refractivity contribution in [3.8, 4) is 0 Å². The molecule has 0 fully saturated rings. The van der Waals surface area contributed by atoms with E-state index in [2.05, 4.69) is 10.1 Å². The lowest BCUT2D eigenvalue weighted by Crippen LogP contribution is -2.18. The molecule has 2 N–H and O–H groups in total. The van der Waals surface area contributed by atoms with E-state index in [1.807, 2.05) is 6.92 Å². The van der Waals surface area contributed by atoms with Crippen molar-refractivity contribution in [3.63, 3.8) is 0 Å². The first-order valence-electron chi connectivity index (χ1n) is 6.20. The van der Waals surface area contributed by atoms with E-state index in [0.29, 0.717) is 12.4 Å². The Hall–Kier alpha value is -1.86. The maximum Gasteiger partial charge on any atom is 0.231 e. The molecule has 1 heterocycles. The topological polar surface area (TPSA) is 74.2 Å². The molecule has 0 aliphatic heterocycles. The third-order valence-electron chi connectivity index (χ3n) is 2.67. The van der Waals surface area contributed by atoms with Gasteiger partial charge in [-0.05, 0) is 18.6 Å². The number of aromatic nitrogens is 2. The summed E-state index contributed by atoms with van der Waals surface area (Å²) in [7, 11) is 0. The first-order chi connectivity index (χ1) is 9.60. The molecule has 0 amide bonds. The van der Waals surface area contributed by atoms with Crippen molar-refractivity contribution in [2.45, 2.75) is 19.4 Å². The molecule has 1 unspecified atom stereocenters. The van der Waals surface area contributed by atoms with Gasteiger partial charge in [0, 0.05) is 12.7 Å². The highest BCUT2D eigenvalue weighted by atomic mass is 19.1. The molecule has 1 aromatic heterocycles. The molecule has 0 saturated heterocycles. The zero-order valence-corrected chi connectivity index (χ0v) is 11.0. The van der Waals surface area contributed by atoms with Crippen LogP contribution in [-0.4, -0.2) is 23.4 Å². The molecule has 5 nitrogen and oxygen atoms in total. The average molecular weight is 283 g/mol. The predicted molar refractivity (Wildman–Crippen MR) is 66.9 cm³/mol. The fraction of sp³-hybridized carbons (Fsp3) is 0.385. The molecular weight excluding hydrogens is 268 g/mol. The fourth-order valence-electron chi connectivity index (χ4n) is 1.64. The van der Waals surface area contributed by atoms with Crippen LogP contribution in [0, 0.1) is 11.6 Å². The maximum atomic E-state index is 13.5. The van der Waals surface area contributed by atoms with Gasteiger partial charge in [-0.25, -0.2) is 8.78 Å². The third kappa shape index (κ3) is 3.58. The minimum Gasteiger partial charge on any atom is -0.380 e. The summed E-state index contributed by atoms with van der Waals surface area (Å²) < 4.78 is 36.4. The number of rotatable bonds is 6. The van der Waals surface area contributed by atoms with Crippen molar-refractivity contribution in [3.05, 3.63) is 47.1 Å². The maximum absolute atomic E-state index is 13.5. The molecule has 7 heteroatoms. The summed E-state index contributed by atoms with van der Waals surface area (Å²) >= 11 is 0. The summed E-state index contributed by atoms with van der Waals surface area (Å²) in [6, 6.07) is 2.84. The van der Waals surface area contributed by atoms with Crippen molar-refractivity contribution in [2.75, 3.05) is 13.2 Å². The van der Waals surface area contributed by atoms with Gasteiger partial charge in [0.05, 0.1) is 19.1 Å². The van der Waals surface area contributed by atoms with E-state index in [1.54, 1.807) is 0 Å². The van der Waals surface area contributed by atoms with Crippen LogP contribution < -0.4 is 5.73 Å². The zero-order valence-electron chi connectivity index (χ0n) is 11.0. The molecule has 108 valence electrons. The van der Waals surface area contributed by atoms with Crippen LogP contribution in [0.1, 0.15) is 30.2 Å². The Bertz CT molecular complexity index is 574. The van der Waals surface area contributed by atoms with E-state index in [9.17, 15) is 8.78 Å². The number of benzene rings is 1. The third-order valence-corrected chi connectivity index (χ3v) is 2.67. The first-order valence-corrected chi connectivity index (χ1v) is 6.20. The molecule has 0 saturated carbocycles. The molecule has 0 radical (unpaired) electrons. The van der Waals surface area contributed by atoms with Crippen molar-refractivity contribution < 1.29 is 18.0 Å². The lowest BCUT2D eigenvalue weighted by Gasteiger charge is -2.05. The first kappa shape index (κ1) is 14.5. The Balaban J connectivity index is 2.05.